The molecule has 31 heavy (non-hydrogen) atoms. The molecule has 0 radical (unpaired) electrons. The van der Waals surface area contributed by atoms with Gasteiger partial charge in [0.15, 0.2) is 6.10 Å². The van der Waals surface area contributed by atoms with E-state index in [9.17, 15) is 9.59 Å². The van der Waals surface area contributed by atoms with Crippen molar-refractivity contribution >= 4 is 17.8 Å². The van der Waals surface area contributed by atoms with Crippen LogP contribution in [0, 0.1) is 0 Å². The lowest BCUT2D eigenvalue weighted by molar-refractivity contribution is -0.144. The number of carbonyl (C=O) groups is 2. The highest BCUT2D eigenvalue weighted by molar-refractivity contribution is 6.08. The molecule has 0 saturated heterocycles. The third kappa shape index (κ3) is 4.69. The second kappa shape index (κ2) is 8.92. The van der Waals surface area contributed by atoms with Gasteiger partial charge in [-0.3, -0.25) is 4.79 Å². The summed E-state index contributed by atoms with van der Waals surface area (Å²) in [6.45, 7) is 2.68. The largest absolute Gasteiger partial charge is 0.493 e. The predicted molar refractivity (Wildman–Crippen MR) is 117 cm³/mol. The van der Waals surface area contributed by atoms with Crippen molar-refractivity contribution in [3.63, 3.8) is 0 Å². The molecule has 6 nitrogen and oxygen atoms in total. The Morgan fingerprint density at radius 2 is 2.06 bits per heavy atom. The van der Waals surface area contributed by atoms with Gasteiger partial charge >= 0.3 is 5.97 Å². The Kier molecular flexibility index (Phi) is 5.89. The smallest absolute Gasteiger partial charge is 0.344 e. The minimum Gasteiger partial charge on any atom is -0.493 e. The van der Waals surface area contributed by atoms with Gasteiger partial charge in [0.2, 0.25) is 5.78 Å². The molecule has 2 heterocycles. The maximum absolute atomic E-state index is 13.0. The maximum atomic E-state index is 13.0. The van der Waals surface area contributed by atoms with E-state index in [2.05, 4.69) is 0 Å². The molecule has 0 unspecified atom stereocenters. The molecule has 0 amide bonds. The summed E-state index contributed by atoms with van der Waals surface area (Å²) in [6.07, 6.45) is 5.65. The maximum Gasteiger partial charge on any atom is 0.344 e. The van der Waals surface area contributed by atoms with Crippen molar-refractivity contribution in [2.75, 3.05) is 6.61 Å². The molecular formula is C25H23NO5. The fourth-order valence-corrected chi connectivity index (χ4v) is 3.50. The summed E-state index contributed by atoms with van der Waals surface area (Å²) >= 11 is 0. The van der Waals surface area contributed by atoms with Crippen LogP contribution in [-0.2, 0) is 17.8 Å². The summed E-state index contributed by atoms with van der Waals surface area (Å²) in [7, 11) is 0. The summed E-state index contributed by atoms with van der Waals surface area (Å²) in [4.78, 5) is 24.0. The number of carbonyl (C=O) groups excluding carboxylic acids is 1. The van der Waals surface area contributed by atoms with Crippen LogP contribution in [0.3, 0.4) is 0 Å². The van der Waals surface area contributed by atoms with E-state index in [0.717, 1.165) is 23.3 Å². The topological polar surface area (TPSA) is 77.8 Å². The van der Waals surface area contributed by atoms with Crippen molar-refractivity contribution in [2.45, 2.75) is 26.0 Å². The Morgan fingerprint density at radius 1 is 1.19 bits per heavy atom. The summed E-state index contributed by atoms with van der Waals surface area (Å²) in [5.41, 5.74) is 3.23. The van der Waals surface area contributed by atoms with Gasteiger partial charge in [0, 0.05) is 24.7 Å². The minimum atomic E-state index is -1.01. The first kappa shape index (κ1) is 20.5. The monoisotopic (exact) mass is 417 g/mol. The van der Waals surface area contributed by atoms with Gasteiger partial charge in [0.05, 0.1) is 12.3 Å². The lowest BCUT2D eigenvalue weighted by atomic mass is 10.0. The number of nitrogens with zero attached hydrogens (tertiary/aromatic N) is 1. The standard InChI is InChI=1S/C25H23NO5/c1-17(25(28)29)31-21-7-2-5-18(15-21)6-3-12-26-13-4-8-22(26)24(27)20-9-10-23-19(16-20)11-14-30-23/h2-10,13,15-17H,11-12,14H2,1H3,(H,28,29)/t17-/m0/s1. The normalized spacial score (nSPS) is 13.6. The van der Waals surface area contributed by atoms with Crippen LogP contribution in [0.25, 0.3) is 6.08 Å². The minimum absolute atomic E-state index is 0.0221. The van der Waals surface area contributed by atoms with Gasteiger partial charge < -0.3 is 19.1 Å². The van der Waals surface area contributed by atoms with Gasteiger partial charge in [-0.25, -0.2) is 4.79 Å². The van der Waals surface area contributed by atoms with Gasteiger partial charge in [-0.05, 0) is 60.5 Å². The van der Waals surface area contributed by atoms with Crippen molar-refractivity contribution in [2.24, 2.45) is 0 Å². The fourth-order valence-electron chi connectivity index (χ4n) is 3.50. The summed E-state index contributed by atoms with van der Waals surface area (Å²) in [6, 6.07) is 16.5. The first-order valence-corrected chi connectivity index (χ1v) is 10.1. The number of hydrogen-bond donors (Lipinski definition) is 1. The number of carboxylic acids is 1. The van der Waals surface area contributed by atoms with Gasteiger partial charge in [-0.15, -0.1) is 0 Å². The van der Waals surface area contributed by atoms with Crippen molar-refractivity contribution in [3.8, 4) is 11.5 Å². The summed E-state index contributed by atoms with van der Waals surface area (Å²) in [5, 5.41) is 8.98. The Balaban J connectivity index is 1.45. The zero-order valence-corrected chi connectivity index (χ0v) is 17.2. The highest BCUT2D eigenvalue weighted by Gasteiger charge is 2.18. The Labute approximate surface area is 180 Å². The zero-order chi connectivity index (χ0) is 21.8. The number of allylic oxidation sites excluding steroid dienone is 1. The van der Waals surface area contributed by atoms with E-state index in [4.69, 9.17) is 14.6 Å². The van der Waals surface area contributed by atoms with Crippen LogP contribution >= 0.6 is 0 Å². The number of carboxylic acid groups (broad SMARTS) is 1. The number of ether oxygens (including phenoxy) is 2. The van der Waals surface area contributed by atoms with Crippen LogP contribution in [0.1, 0.15) is 34.1 Å². The molecule has 0 saturated carbocycles. The van der Waals surface area contributed by atoms with Crippen molar-refractivity contribution in [3.05, 3.63) is 89.3 Å². The number of hydrogen-bond acceptors (Lipinski definition) is 4. The lowest BCUT2D eigenvalue weighted by Gasteiger charge is -2.10. The van der Waals surface area contributed by atoms with Crippen LogP contribution < -0.4 is 9.47 Å². The van der Waals surface area contributed by atoms with E-state index in [1.807, 2.05) is 65.4 Å². The first-order valence-electron chi connectivity index (χ1n) is 10.1. The molecule has 2 aromatic carbocycles. The number of fused-ring (bicyclic) bond motifs is 1. The van der Waals surface area contributed by atoms with Gasteiger partial charge in [0.1, 0.15) is 11.5 Å². The number of ketones is 1. The second-order valence-corrected chi connectivity index (χ2v) is 7.37. The molecule has 158 valence electrons. The highest BCUT2D eigenvalue weighted by atomic mass is 16.5. The van der Waals surface area contributed by atoms with Crippen LogP contribution in [0.5, 0.6) is 11.5 Å². The van der Waals surface area contributed by atoms with Crippen LogP contribution in [-0.4, -0.2) is 34.1 Å². The van der Waals surface area contributed by atoms with E-state index in [1.54, 1.807) is 12.1 Å². The zero-order valence-electron chi connectivity index (χ0n) is 17.2. The molecule has 1 aliphatic heterocycles. The van der Waals surface area contributed by atoms with Crippen molar-refractivity contribution in [1.82, 2.24) is 4.57 Å². The third-order valence-electron chi connectivity index (χ3n) is 5.14. The molecule has 0 fully saturated rings. The van der Waals surface area contributed by atoms with Gasteiger partial charge in [-0.2, -0.15) is 0 Å². The number of rotatable bonds is 8. The first-order chi connectivity index (χ1) is 15.0. The Bertz CT molecular complexity index is 1140. The number of aromatic nitrogens is 1. The summed E-state index contributed by atoms with van der Waals surface area (Å²) in [5.74, 6) is 0.320. The third-order valence-corrected chi connectivity index (χ3v) is 5.14. The quantitative estimate of drug-likeness (QED) is 0.555. The molecule has 0 bridgehead atoms. The molecule has 4 rings (SSSR count). The molecule has 0 aliphatic carbocycles. The molecular weight excluding hydrogens is 394 g/mol. The second-order valence-electron chi connectivity index (χ2n) is 7.37. The van der Waals surface area contributed by atoms with E-state index in [-0.39, 0.29) is 5.78 Å². The Hall–Kier alpha value is -3.80. The van der Waals surface area contributed by atoms with Gasteiger partial charge in [-0.1, -0.05) is 24.3 Å². The van der Waals surface area contributed by atoms with Crippen molar-refractivity contribution in [1.29, 1.82) is 0 Å². The average Bonchev–Trinajstić information content (AvgIpc) is 3.42. The SMILES string of the molecule is C[C@H](Oc1cccc(C=CCn2cccc2C(=O)c2ccc3c(c2)CCO3)c1)C(=O)O. The lowest BCUT2D eigenvalue weighted by Crippen LogP contribution is -2.22. The average molecular weight is 417 g/mol. The van der Waals surface area contributed by atoms with E-state index >= 15 is 0 Å². The van der Waals surface area contributed by atoms with Crippen molar-refractivity contribution < 1.29 is 24.2 Å². The summed E-state index contributed by atoms with van der Waals surface area (Å²) < 4.78 is 12.8. The molecule has 3 aromatic rings. The molecule has 0 spiro atoms. The van der Waals surface area contributed by atoms with Crippen LogP contribution in [0.15, 0.2) is 66.9 Å². The number of aliphatic carboxylic acids is 1. The molecule has 1 N–H and O–H groups in total. The van der Waals surface area contributed by atoms with Crippen LogP contribution in [0.2, 0.25) is 0 Å². The van der Waals surface area contributed by atoms with E-state index in [1.165, 1.54) is 6.92 Å². The molecule has 1 atom stereocenters. The molecule has 1 aliphatic rings. The van der Waals surface area contributed by atoms with E-state index in [0.29, 0.717) is 30.2 Å². The van der Waals surface area contributed by atoms with E-state index < -0.39 is 12.1 Å². The highest BCUT2D eigenvalue weighted by Crippen LogP contribution is 2.27. The van der Waals surface area contributed by atoms with Gasteiger partial charge in [0.25, 0.3) is 0 Å². The van der Waals surface area contributed by atoms with Crippen LogP contribution in [0.4, 0.5) is 0 Å². The molecule has 1 aromatic heterocycles. The fraction of sp³-hybridized carbons (Fsp3) is 0.200. The predicted octanol–water partition coefficient (Wildman–Crippen LogP) is 4.22. The molecule has 6 heteroatoms. The Morgan fingerprint density at radius 3 is 2.90 bits per heavy atom. The number of benzene rings is 2.